The lowest BCUT2D eigenvalue weighted by molar-refractivity contribution is -0.00320. The predicted octanol–water partition coefficient (Wildman–Crippen LogP) is 2.20. The Balaban J connectivity index is 1.79. The van der Waals surface area contributed by atoms with Crippen molar-refractivity contribution in [2.45, 2.75) is 18.5 Å². The van der Waals surface area contributed by atoms with Crippen molar-refractivity contribution in [1.29, 1.82) is 0 Å². The van der Waals surface area contributed by atoms with Crippen LogP contribution in [0.4, 0.5) is 14.5 Å². The third-order valence-electron chi connectivity index (χ3n) is 3.56. The third kappa shape index (κ3) is 3.42. The first-order valence-corrected chi connectivity index (χ1v) is 8.29. The van der Waals surface area contributed by atoms with Crippen LogP contribution in [0, 0.1) is 19.3 Å². The highest BCUT2D eigenvalue weighted by Crippen LogP contribution is 2.43. The zero-order valence-corrected chi connectivity index (χ0v) is 14.2. The molecule has 0 amide bonds. The molecule has 0 bridgehead atoms. The van der Waals surface area contributed by atoms with E-state index in [1.165, 1.54) is 22.7 Å². The number of hydrogen-bond donors (Lipinski definition) is 1. The number of aromatic nitrogens is 2. The maximum absolute atomic E-state index is 13.7. The SMILES string of the molecule is C#CC(F)(F)C1(COc2cc(C)nn2-c2ccc(NS(=O)[O-])cc2)N=N1. The summed E-state index contributed by atoms with van der Waals surface area (Å²) in [6, 6.07) is 7.78. The Morgan fingerprint density at radius 3 is 2.62 bits per heavy atom. The second-order valence-electron chi connectivity index (χ2n) is 5.44. The number of terminal acetylenes is 1. The van der Waals surface area contributed by atoms with Gasteiger partial charge in [0.05, 0.1) is 11.4 Å². The molecule has 0 aliphatic carbocycles. The van der Waals surface area contributed by atoms with Crippen molar-refractivity contribution in [3.63, 3.8) is 0 Å². The van der Waals surface area contributed by atoms with Crippen molar-refractivity contribution in [2.75, 3.05) is 11.3 Å². The largest absolute Gasteiger partial charge is 0.755 e. The molecule has 1 aromatic heterocycles. The van der Waals surface area contributed by atoms with E-state index in [0.717, 1.165) is 0 Å². The molecule has 1 atom stereocenters. The summed E-state index contributed by atoms with van der Waals surface area (Å²) in [4.78, 5) is 0. The number of halogens is 2. The Hall–Kier alpha value is -2.84. The molecule has 0 spiro atoms. The van der Waals surface area contributed by atoms with Crippen molar-refractivity contribution >= 4 is 17.0 Å². The minimum absolute atomic E-state index is 0.195. The lowest BCUT2D eigenvalue weighted by Gasteiger charge is -2.18. The standard InChI is InChI=1S/C15H13F2N5O3S/c1-3-14(16,17)15(20-21-15)9-25-13-8-10(2)18-22(13)12-6-4-11(5-7-12)19-26(23)24/h1,4-8,19H,9H2,2H3,(H,23,24)/p-1. The van der Waals surface area contributed by atoms with E-state index in [4.69, 9.17) is 11.2 Å². The van der Waals surface area contributed by atoms with Crippen molar-refractivity contribution in [1.82, 2.24) is 9.78 Å². The smallest absolute Gasteiger partial charge is 0.359 e. The Kier molecular flexibility index (Phi) is 4.47. The van der Waals surface area contributed by atoms with Gasteiger partial charge in [-0.25, -0.2) is 4.68 Å². The van der Waals surface area contributed by atoms with Crippen LogP contribution >= 0.6 is 0 Å². The average Bonchev–Trinajstić information content (AvgIpc) is 3.31. The van der Waals surface area contributed by atoms with E-state index in [-0.39, 0.29) is 5.88 Å². The molecule has 1 unspecified atom stereocenters. The van der Waals surface area contributed by atoms with Gasteiger partial charge in [-0.15, -0.1) is 16.7 Å². The Morgan fingerprint density at radius 1 is 1.42 bits per heavy atom. The van der Waals surface area contributed by atoms with E-state index in [2.05, 4.69) is 20.0 Å². The third-order valence-corrected chi connectivity index (χ3v) is 3.96. The van der Waals surface area contributed by atoms with E-state index in [0.29, 0.717) is 17.1 Å². The molecule has 1 N–H and O–H groups in total. The van der Waals surface area contributed by atoms with Gasteiger partial charge in [0.15, 0.2) is 0 Å². The van der Waals surface area contributed by atoms with E-state index in [9.17, 15) is 17.5 Å². The molecule has 1 aliphatic heterocycles. The van der Waals surface area contributed by atoms with Crippen LogP contribution in [0.15, 0.2) is 40.6 Å². The van der Waals surface area contributed by atoms with Gasteiger partial charge < -0.3 is 14.0 Å². The van der Waals surface area contributed by atoms with Crippen LogP contribution < -0.4 is 9.46 Å². The number of aryl methyl sites for hydroxylation is 1. The van der Waals surface area contributed by atoms with Gasteiger partial charge in [-0.2, -0.15) is 13.9 Å². The molecule has 2 aromatic rings. The number of ether oxygens (including phenoxy) is 1. The van der Waals surface area contributed by atoms with Crippen LogP contribution in [0.2, 0.25) is 0 Å². The zero-order valence-electron chi connectivity index (χ0n) is 13.3. The number of nitrogens with one attached hydrogen (secondary N) is 1. The summed E-state index contributed by atoms with van der Waals surface area (Å²) in [5.41, 5.74) is -0.587. The highest BCUT2D eigenvalue weighted by Gasteiger charge is 2.62. The first-order valence-electron chi connectivity index (χ1n) is 7.22. The summed E-state index contributed by atoms with van der Waals surface area (Å²) in [5.74, 6) is -1.98. The van der Waals surface area contributed by atoms with Gasteiger partial charge in [0.1, 0.15) is 6.61 Å². The minimum atomic E-state index is -3.55. The van der Waals surface area contributed by atoms with E-state index in [1.807, 2.05) is 0 Å². The average molecular weight is 380 g/mol. The van der Waals surface area contributed by atoms with Crippen LogP contribution in [0.1, 0.15) is 5.69 Å². The zero-order chi connectivity index (χ0) is 18.9. The van der Waals surface area contributed by atoms with E-state index >= 15 is 0 Å². The van der Waals surface area contributed by atoms with Crippen LogP contribution in [0.3, 0.4) is 0 Å². The molecule has 0 fully saturated rings. The van der Waals surface area contributed by atoms with Crippen LogP contribution in [0.5, 0.6) is 5.88 Å². The minimum Gasteiger partial charge on any atom is -0.755 e. The molecule has 2 heterocycles. The van der Waals surface area contributed by atoms with Crippen LogP contribution in [0.25, 0.3) is 5.69 Å². The predicted molar refractivity (Wildman–Crippen MR) is 87.7 cm³/mol. The molecule has 0 saturated carbocycles. The van der Waals surface area contributed by atoms with Gasteiger partial charge in [-0.1, -0.05) is 0 Å². The first-order chi connectivity index (χ1) is 12.3. The molecule has 26 heavy (non-hydrogen) atoms. The summed E-state index contributed by atoms with van der Waals surface area (Å²) >= 11 is -2.44. The maximum atomic E-state index is 13.7. The van der Waals surface area contributed by atoms with Gasteiger partial charge in [0.2, 0.25) is 5.88 Å². The van der Waals surface area contributed by atoms with Gasteiger partial charge in [0.25, 0.3) is 5.66 Å². The Labute approximate surface area is 149 Å². The summed E-state index contributed by atoms with van der Waals surface area (Å²) < 4.78 is 57.7. The fourth-order valence-corrected chi connectivity index (χ4v) is 2.48. The van der Waals surface area contributed by atoms with Crippen LogP contribution in [-0.4, -0.2) is 36.7 Å². The van der Waals surface area contributed by atoms with E-state index in [1.54, 1.807) is 25.1 Å². The molecular weight excluding hydrogens is 368 g/mol. The molecule has 1 aliphatic rings. The summed E-state index contributed by atoms with van der Waals surface area (Å²) in [6.45, 7) is 1.17. The van der Waals surface area contributed by atoms with Crippen molar-refractivity contribution in [3.05, 3.63) is 36.0 Å². The molecule has 136 valence electrons. The second kappa shape index (κ2) is 6.47. The lowest BCUT2D eigenvalue weighted by atomic mass is 10.1. The van der Waals surface area contributed by atoms with Crippen molar-refractivity contribution < 1.29 is 22.3 Å². The first kappa shape index (κ1) is 18.0. The molecule has 8 nitrogen and oxygen atoms in total. The van der Waals surface area contributed by atoms with Gasteiger partial charge in [-0.05, 0) is 37.1 Å². The number of rotatable bonds is 7. The number of nitrogens with zero attached hydrogens (tertiary/aromatic N) is 4. The monoisotopic (exact) mass is 380 g/mol. The fourth-order valence-electron chi connectivity index (χ4n) is 2.15. The van der Waals surface area contributed by atoms with Gasteiger partial charge in [-0.3, -0.25) is 4.21 Å². The van der Waals surface area contributed by atoms with Crippen LogP contribution in [-0.2, 0) is 11.3 Å². The topological polar surface area (TPSA) is 104 Å². The normalized spacial score (nSPS) is 16.0. The summed E-state index contributed by atoms with van der Waals surface area (Å²) in [6.07, 6.45) is 4.83. The van der Waals surface area contributed by atoms with Crippen molar-refractivity contribution in [2.24, 2.45) is 10.2 Å². The lowest BCUT2D eigenvalue weighted by Crippen LogP contribution is -2.41. The molecule has 3 rings (SSSR count). The number of anilines is 1. The Morgan fingerprint density at radius 2 is 2.08 bits per heavy atom. The number of alkyl halides is 2. The quantitative estimate of drug-likeness (QED) is 0.587. The van der Waals surface area contributed by atoms with Crippen molar-refractivity contribution in [3.8, 4) is 23.9 Å². The maximum Gasteiger partial charge on any atom is 0.359 e. The van der Waals surface area contributed by atoms with Gasteiger partial charge >= 0.3 is 5.92 Å². The summed E-state index contributed by atoms with van der Waals surface area (Å²) in [5, 5.41) is 10.9. The fraction of sp³-hybridized carbons (Fsp3) is 0.267. The number of benzene rings is 1. The molecule has 1 aromatic carbocycles. The highest BCUT2D eigenvalue weighted by molar-refractivity contribution is 7.80. The molecule has 0 saturated heterocycles. The highest BCUT2D eigenvalue weighted by atomic mass is 32.2. The van der Waals surface area contributed by atoms with E-state index < -0.39 is 29.5 Å². The number of hydrogen-bond acceptors (Lipinski definition) is 6. The Bertz CT molecular complexity index is 914. The molecule has 11 heteroatoms. The summed E-state index contributed by atoms with van der Waals surface area (Å²) in [7, 11) is 0. The van der Waals surface area contributed by atoms with Gasteiger partial charge in [0, 0.05) is 23.0 Å². The second-order valence-corrected chi connectivity index (χ2v) is 6.12. The molecule has 0 radical (unpaired) electrons. The molecular formula is C15H12F2N5O3S-.